The van der Waals surface area contributed by atoms with Crippen molar-refractivity contribution in [1.29, 1.82) is 0 Å². The molecule has 0 radical (unpaired) electrons. The Bertz CT molecular complexity index is 923. The van der Waals surface area contributed by atoms with Crippen molar-refractivity contribution in [2.24, 2.45) is 0 Å². The smallest absolute Gasteiger partial charge is 0.163 e. The predicted octanol–water partition coefficient (Wildman–Crippen LogP) is 4.96. The van der Waals surface area contributed by atoms with Gasteiger partial charge in [-0.25, -0.2) is 0 Å². The first kappa shape index (κ1) is 17.3. The van der Waals surface area contributed by atoms with Crippen molar-refractivity contribution in [2.45, 2.75) is 20.1 Å². The second-order valence-electron chi connectivity index (χ2n) is 6.60. The van der Waals surface area contributed by atoms with Crippen molar-refractivity contribution >= 4 is 5.69 Å². The highest BCUT2D eigenvalue weighted by Crippen LogP contribution is 2.33. The van der Waals surface area contributed by atoms with Gasteiger partial charge < -0.3 is 19.5 Å². The first-order chi connectivity index (χ1) is 13.3. The van der Waals surface area contributed by atoms with E-state index in [0.717, 1.165) is 28.5 Å². The summed E-state index contributed by atoms with van der Waals surface area (Å²) < 4.78 is 17.3. The largest absolute Gasteiger partial charge is 0.489 e. The quantitative estimate of drug-likeness (QED) is 0.674. The monoisotopic (exact) mass is 361 g/mol. The molecule has 1 aliphatic heterocycles. The molecule has 1 N–H and O–H groups in total. The van der Waals surface area contributed by atoms with Gasteiger partial charge in [0.2, 0.25) is 0 Å². The third kappa shape index (κ3) is 4.34. The predicted molar refractivity (Wildman–Crippen MR) is 107 cm³/mol. The number of hydrogen-bond acceptors (Lipinski definition) is 4. The van der Waals surface area contributed by atoms with Gasteiger partial charge in [0.25, 0.3) is 0 Å². The van der Waals surface area contributed by atoms with E-state index in [0.29, 0.717) is 26.4 Å². The molecular formula is C23H23NO3. The van der Waals surface area contributed by atoms with Crippen molar-refractivity contribution in [3.63, 3.8) is 0 Å². The summed E-state index contributed by atoms with van der Waals surface area (Å²) in [6.45, 7) is 4.51. The van der Waals surface area contributed by atoms with Gasteiger partial charge in [-0.05, 0) is 30.7 Å². The minimum absolute atomic E-state index is 0.558. The van der Waals surface area contributed by atoms with Crippen molar-refractivity contribution < 1.29 is 14.2 Å². The average Bonchev–Trinajstić information content (AvgIpc) is 2.71. The van der Waals surface area contributed by atoms with E-state index in [2.05, 4.69) is 42.6 Å². The van der Waals surface area contributed by atoms with Crippen LogP contribution in [0.15, 0.2) is 66.7 Å². The Morgan fingerprint density at radius 3 is 2.63 bits per heavy atom. The van der Waals surface area contributed by atoms with Gasteiger partial charge in [-0.3, -0.25) is 0 Å². The number of hydrogen-bond donors (Lipinski definition) is 1. The van der Waals surface area contributed by atoms with Crippen molar-refractivity contribution in [3.05, 3.63) is 83.4 Å². The molecule has 3 aromatic carbocycles. The standard InChI is InChI=1S/C23H23NO3/c1-17-5-4-6-18(13-17)16-27-21-8-3-2-7-19(21)15-24-20-9-10-22-23(14-20)26-12-11-25-22/h2-10,13-14,24H,11-12,15-16H2,1H3. The Labute approximate surface area is 159 Å². The topological polar surface area (TPSA) is 39.7 Å². The maximum Gasteiger partial charge on any atom is 0.163 e. The maximum atomic E-state index is 6.07. The second kappa shape index (κ2) is 8.04. The van der Waals surface area contributed by atoms with Gasteiger partial charge in [0.05, 0.1) is 0 Å². The first-order valence-electron chi connectivity index (χ1n) is 9.18. The molecule has 0 unspecified atom stereocenters. The fourth-order valence-electron chi connectivity index (χ4n) is 3.10. The molecule has 0 aromatic heterocycles. The van der Waals surface area contributed by atoms with Crippen LogP contribution in [-0.2, 0) is 13.2 Å². The zero-order valence-electron chi connectivity index (χ0n) is 15.4. The van der Waals surface area contributed by atoms with Crippen molar-refractivity contribution in [3.8, 4) is 17.2 Å². The van der Waals surface area contributed by atoms with Crippen molar-refractivity contribution in [1.82, 2.24) is 0 Å². The Balaban J connectivity index is 1.42. The SMILES string of the molecule is Cc1cccc(COc2ccccc2CNc2ccc3c(c2)OCCO3)c1. The maximum absolute atomic E-state index is 6.07. The van der Waals surface area contributed by atoms with Gasteiger partial charge in [0.15, 0.2) is 11.5 Å². The van der Waals surface area contributed by atoms with Crippen LogP contribution in [0.25, 0.3) is 0 Å². The molecule has 1 heterocycles. The molecule has 4 nitrogen and oxygen atoms in total. The highest BCUT2D eigenvalue weighted by molar-refractivity contribution is 5.55. The van der Waals surface area contributed by atoms with Crippen LogP contribution in [0.5, 0.6) is 17.2 Å². The Kier molecular flexibility index (Phi) is 5.15. The lowest BCUT2D eigenvalue weighted by molar-refractivity contribution is 0.171. The van der Waals surface area contributed by atoms with Gasteiger partial charge in [-0.1, -0.05) is 48.0 Å². The number of anilines is 1. The summed E-state index contributed by atoms with van der Waals surface area (Å²) in [5.74, 6) is 2.48. The molecule has 0 bridgehead atoms. The van der Waals surface area contributed by atoms with Crippen LogP contribution in [0.4, 0.5) is 5.69 Å². The minimum atomic E-state index is 0.558. The number of rotatable bonds is 6. The van der Waals surface area contributed by atoms with Gasteiger partial charge in [0, 0.05) is 23.9 Å². The number of ether oxygens (including phenoxy) is 3. The summed E-state index contributed by atoms with van der Waals surface area (Å²) >= 11 is 0. The van der Waals surface area contributed by atoms with Crippen LogP contribution in [0.3, 0.4) is 0 Å². The number of nitrogens with one attached hydrogen (secondary N) is 1. The number of aryl methyl sites for hydroxylation is 1. The van der Waals surface area contributed by atoms with Crippen molar-refractivity contribution in [2.75, 3.05) is 18.5 Å². The van der Waals surface area contributed by atoms with Crippen LogP contribution in [-0.4, -0.2) is 13.2 Å². The highest BCUT2D eigenvalue weighted by atomic mass is 16.6. The van der Waals surface area contributed by atoms with Crippen LogP contribution in [0, 0.1) is 6.92 Å². The third-order valence-electron chi connectivity index (χ3n) is 4.47. The van der Waals surface area contributed by atoms with Gasteiger partial charge in [0.1, 0.15) is 25.6 Å². The molecule has 1 aliphatic rings. The number of fused-ring (bicyclic) bond motifs is 1. The summed E-state index contributed by atoms with van der Waals surface area (Å²) in [5, 5.41) is 3.44. The molecule has 0 atom stereocenters. The van der Waals surface area contributed by atoms with Gasteiger partial charge in [-0.2, -0.15) is 0 Å². The Morgan fingerprint density at radius 2 is 1.74 bits per heavy atom. The van der Waals surface area contributed by atoms with E-state index in [4.69, 9.17) is 14.2 Å². The average molecular weight is 361 g/mol. The summed E-state index contributed by atoms with van der Waals surface area (Å²) in [5.41, 5.74) is 4.52. The van der Waals surface area contributed by atoms with E-state index in [1.165, 1.54) is 11.1 Å². The van der Waals surface area contributed by atoms with E-state index in [9.17, 15) is 0 Å². The lowest BCUT2D eigenvalue weighted by Crippen LogP contribution is -2.15. The molecule has 138 valence electrons. The van der Waals surface area contributed by atoms with Crippen LogP contribution >= 0.6 is 0 Å². The summed E-state index contributed by atoms with van der Waals surface area (Å²) in [6.07, 6.45) is 0. The lowest BCUT2D eigenvalue weighted by atomic mass is 10.1. The molecule has 0 saturated carbocycles. The Morgan fingerprint density at radius 1 is 0.889 bits per heavy atom. The summed E-state index contributed by atoms with van der Waals surface area (Å²) in [7, 11) is 0. The highest BCUT2D eigenvalue weighted by Gasteiger charge is 2.12. The van der Waals surface area contributed by atoms with E-state index in [-0.39, 0.29) is 0 Å². The van der Waals surface area contributed by atoms with Crippen LogP contribution < -0.4 is 19.5 Å². The molecule has 4 rings (SSSR count). The Hall–Kier alpha value is -3.14. The molecule has 0 spiro atoms. The lowest BCUT2D eigenvalue weighted by Gasteiger charge is -2.19. The molecule has 0 saturated heterocycles. The zero-order valence-corrected chi connectivity index (χ0v) is 15.4. The molecule has 27 heavy (non-hydrogen) atoms. The molecule has 0 amide bonds. The first-order valence-corrected chi connectivity index (χ1v) is 9.18. The molecule has 0 aliphatic carbocycles. The molecule has 0 fully saturated rings. The zero-order chi connectivity index (χ0) is 18.5. The van der Waals surface area contributed by atoms with Crippen LogP contribution in [0.2, 0.25) is 0 Å². The van der Waals surface area contributed by atoms with Gasteiger partial charge >= 0.3 is 0 Å². The number of benzene rings is 3. The van der Waals surface area contributed by atoms with Crippen LogP contribution in [0.1, 0.15) is 16.7 Å². The second-order valence-corrected chi connectivity index (χ2v) is 6.60. The number of para-hydroxylation sites is 1. The third-order valence-corrected chi connectivity index (χ3v) is 4.47. The normalized spacial score (nSPS) is 12.5. The fraction of sp³-hybridized carbons (Fsp3) is 0.217. The van der Waals surface area contributed by atoms with E-state index < -0.39 is 0 Å². The molecule has 4 heteroatoms. The van der Waals surface area contributed by atoms with Gasteiger partial charge in [-0.15, -0.1) is 0 Å². The van der Waals surface area contributed by atoms with E-state index in [1.807, 2.05) is 36.4 Å². The minimum Gasteiger partial charge on any atom is -0.489 e. The molecular weight excluding hydrogens is 338 g/mol. The fourth-order valence-corrected chi connectivity index (χ4v) is 3.10. The summed E-state index contributed by atoms with van der Waals surface area (Å²) in [6, 6.07) is 22.4. The van der Waals surface area contributed by atoms with E-state index >= 15 is 0 Å². The van der Waals surface area contributed by atoms with E-state index in [1.54, 1.807) is 0 Å². The summed E-state index contributed by atoms with van der Waals surface area (Å²) in [4.78, 5) is 0. The molecule has 3 aromatic rings.